The normalized spacial score (nSPS) is 23.1. The predicted molar refractivity (Wildman–Crippen MR) is 78.4 cm³/mol. The molecule has 20 heavy (non-hydrogen) atoms. The summed E-state index contributed by atoms with van der Waals surface area (Å²) in [5, 5.41) is 15.2. The van der Waals surface area contributed by atoms with Crippen molar-refractivity contribution >= 4 is 5.69 Å². The topological polar surface area (TPSA) is 58.9 Å². The van der Waals surface area contributed by atoms with Gasteiger partial charge in [-0.1, -0.05) is 12.1 Å². The zero-order valence-electron chi connectivity index (χ0n) is 12.1. The lowest BCUT2D eigenvalue weighted by molar-refractivity contribution is 0.330. The number of tetrazole rings is 1. The molecule has 6 nitrogen and oxygen atoms in total. The lowest BCUT2D eigenvalue weighted by Crippen LogP contribution is -2.24. The van der Waals surface area contributed by atoms with Gasteiger partial charge in [-0.2, -0.15) is 0 Å². The molecule has 1 aromatic carbocycles. The van der Waals surface area contributed by atoms with Crippen LogP contribution in [-0.2, 0) is 7.05 Å². The number of hydrogen-bond donors (Lipinski definition) is 1. The third-order valence-electron chi connectivity index (χ3n) is 4.00. The van der Waals surface area contributed by atoms with Crippen molar-refractivity contribution in [3.63, 3.8) is 0 Å². The summed E-state index contributed by atoms with van der Waals surface area (Å²) in [4.78, 5) is 2.38. The standard InChI is InChI=1S/C14H20N6/c1-10-7-13(9-19(10)2)15-12-6-4-5-11(8-12)14-16-17-18-20(14)3/h4-6,8,10,13,15H,7,9H2,1-3H3. The van der Waals surface area contributed by atoms with E-state index in [0.29, 0.717) is 12.1 Å². The number of aromatic nitrogens is 4. The van der Waals surface area contributed by atoms with Crippen molar-refractivity contribution in [1.29, 1.82) is 0 Å². The van der Waals surface area contributed by atoms with E-state index in [9.17, 15) is 0 Å². The molecule has 0 bridgehead atoms. The van der Waals surface area contributed by atoms with Crippen LogP contribution in [0.3, 0.4) is 0 Å². The summed E-state index contributed by atoms with van der Waals surface area (Å²) < 4.78 is 1.69. The molecule has 0 spiro atoms. The molecule has 6 heteroatoms. The third kappa shape index (κ3) is 2.51. The van der Waals surface area contributed by atoms with E-state index in [0.717, 1.165) is 23.6 Å². The van der Waals surface area contributed by atoms with E-state index in [1.165, 1.54) is 6.42 Å². The summed E-state index contributed by atoms with van der Waals surface area (Å²) in [7, 11) is 4.02. The summed E-state index contributed by atoms with van der Waals surface area (Å²) in [6.45, 7) is 3.35. The monoisotopic (exact) mass is 272 g/mol. The van der Waals surface area contributed by atoms with E-state index in [-0.39, 0.29) is 0 Å². The Labute approximate surface area is 118 Å². The second kappa shape index (κ2) is 5.20. The van der Waals surface area contributed by atoms with Crippen LogP contribution in [0.4, 0.5) is 5.69 Å². The van der Waals surface area contributed by atoms with Gasteiger partial charge in [0.05, 0.1) is 0 Å². The van der Waals surface area contributed by atoms with Crippen LogP contribution in [-0.4, -0.2) is 50.8 Å². The van der Waals surface area contributed by atoms with Gasteiger partial charge in [-0.3, -0.25) is 0 Å². The summed E-state index contributed by atoms with van der Waals surface area (Å²) in [6, 6.07) is 9.40. The quantitative estimate of drug-likeness (QED) is 0.915. The molecule has 2 aromatic rings. The van der Waals surface area contributed by atoms with Crippen LogP contribution in [0.5, 0.6) is 0 Å². The molecular formula is C14H20N6. The Kier molecular flexibility index (Phi) is 3.40. The fraction of sp³-hybridized carbons (Fsp3) is 0.500. The maximum atomic E-state index is 4.05. The molecule has 106 valence electrons. The molecule has 2 atom stereocenters. The molecule has 1 aliphatic heterocycles. The maximum absolute atomic E-state index is 4.05. The number of aryl methyl sites for hydroxylation is 1. The molecule has 1 saturated heterocycles. The number of hydrogen-bond acceptors (Lipinski definition) is 5. The van der Waals surface area contributed by atoms with Crippen LogP contribution in [0.15, 0.2) is 24.3 Å². The maximum Gasteiger partial charge on any atom is 0.181 e. The van der Waals surface area contributed by atoms with E-state index in [2.05, 4.69) is 51.8 Å². The number of rotatable bonds is 3. The molecule has 0 saturated carbocycles. The first-order valence-electron chi connectivity index (χ1n) is 6.93. The molecule has 3 rings (SSSR count). The van der Waals surface area contributed by atoms with Crippen LogP contribution in [0.2, 0.25) is 0 Å². The minimum Gasteiger partial charge on any atom is -0.381 e. The minimum atomic E-state index is 0.503. The molecule has 1 N–H and O–H groups in total. The van der Waals surface area contributed by atoms with Gasteiger partial charge in [0.25, 0.3) is 0 Å². The Balaban J connectivity index is 1.77. The molecule has 0 radical (unpaired) electrons. The molecule has 1 aromatic heterocycles. The van der Waals surface area contributed by atoms with Gasteiger partial charge in [0.2, 0.25) is 0 Å². The fourth-order valence-corrected chi connectivity index (χ4v) is 2.76. The lowest BCUT2D eigenvalue weighted by Gasteiger charge is -2.15. The Morgan fingerprint density at radius 3 is 2.80 bits per heavy atom. The van der Waals surface area contributed by atoms with E-state index in [1.807, 2.05) is 19.2 Å². The van der Waals surface area contributed by atoms with Gasteiger partial charge in [-0.25, -0.2) is 4.68 Å². The van der Waals surface area contributed by atoms with Crippen LogP contribution in [0.25, 0.3) is 11.4 Å². The number of likely N-dealkylation sites (N-methyl/N-ethyl adjacent to an activating group) is 1. The number of nitrogens with one attached hydrogen (secondary N) is 1. The van der Waals surface area contributed by atoms with Crippen molar-refractivity contribution in [3.8, 4) is 11.4 Å². The molecular weight excluding hydrogens is 252 g/mol. The highest BCUT2D eigenvalue weighted by Gasteiger charge is 2.25. The van der Waals surface area contributed by atoms with Crippen molar-refractivity contribution in [1.82, 2.24) is 25.1 Å². The third-order valence-corrected chi connectivity index (χ3v) is 4.00. The van der Waals surface area contributed by atoms with Gasteiger partial charge in [0, 0.05) is 36.9 Å². The summed E-state index contributed by atoms with van der Waals surface area (Å²) >= 11 is 0. The SMILES string of the molecule is CC1CC(Nc2cccc(-c3nnnn3C)c2)CN1C. The highest BCUT2D eigenvalue weighted by molar-refractivity contribution is 5.62. The van der Waals surface area contributed by atoms with Crippen molar-refractivity contribution in [3.05, 3.63) is 24.3 Å². The number of anilines is 1. The van der Waals surface area contributed by atoms with E-state index >= 15 is 0 Å². The van der Waals surface area contributed by atoms with Gasteiger partial charge in [-0.05, 0) is 43.0 Å². The first-order valence-corrected chi connectivity index (χ1v) is 6.93. The Morgan fingerprint density at radius 1 is 1.30 bits per heavy atom. The first-order chi connectivity index (χ1) is 9.63. The van der Waals surface area contributed by atoms with E-state index < -0.39 is 0 Å². The summed E-state index contributed by atoms with van der Waals surface area (Å²) in [5.41, 5.74) is 2.15. The van der Waals surface area contributed by atoms with Crippen molar-refractivity contribution in [2.45, 2.75) is 25.4 Å². The van der Waals surface area contributed by atoms with Crippen LogP contribution >= 0.6 is 0 Å². The molecule has 0 aliphatic carbocycles. The summed E-state index contributed by atoms with van der Waals surface area (Å²) in [6.07, 6.45) is 1.17. The highest BCUT2D eigenvalue weighted by atomic mass is 15.5. The largest absolute Gasteiger partial charge is 0.381 e. The van der Waals surface area contributed by atoms with Crippen LogP contribution < -0.4 is 5.32 Å². The zero-order chi connectivity index (χ0) is 14.1. The summed E-state index contributed by atoms with van der Waals surface area (Å²) in [5.74, 6) is 0.783. The van der Waals surface area contributed by atoms with Gasteiger partial charge in [0.15, 0.2) is 5.82 Å². The van der Waals surface area contributed by atoms with Crippen molar-refractivity contribution in [2.24, 2.45) is 7.05 Å². The Morgan fingerprint density at radius 2 is 2.15 bits per heavy atom. The smallest absolute Gasteiger partial charge is 0.181 e. The van der Waals surface area contributed by atoms with E-state index in [1.54, 1.807) is 4.68 Å². The number of likely N-dealkylation sites (tertiary alicyclic amines) is 1. The highest BCUT2D eigenvalue weighted by Crippen LogP contribution is 2.23. The van der Waals surface area contributed by atoms with Crippen LogP contribution in [0.1, 0.15) is 13.3 Å². The van der Waals surface area contributed by atoms with Gasteiger partial charge >= 0.3 is 0 Å². The molecule has 0 amide bonds. The fourth-order valence-electron chi connectivity index (χ4n) is 2.76. The molecule has 2 heterocycles. The van der Waals surface area contributed by atoms with Crippen molar-refractivity contribution in [2.75, 3.05) is 18.9 Å². The number of benzene rings is 1. The molecule has 1 fully saturated rings. The lowest BCUT2D eigenvalue weighted by atomic mass is 10.1. The van der Waals surface area contributed by atoms with Gasteiger partial charge < -0.3 is 10.2 Å². The second-order valence-corrected chi connectivity index (χ2v) is 5.57. The van der Waals surface area contributed by atoms with Crippen LogP contribution in [0, 0.1) is 0 Å². The predicted octanol–water partition coefficient (Wildman–Crippen LogP) is 1.38. The minimum absolute atomic E-state index is 0.503. The zero-order valence-corrected chi connectivity index (χ0v) is 12.1. The average molecular weight is 272 g/mol. The average Bonchev–Trinajstić information content (AvgIpc) is 2.97. The van der Waals surface area contributed by atoms with Crippen molar-refractivity contribution < 1.29 is 0 Å². The van der Waals surface area contributed by atoms with Gasteiger partial charge in [0.1, 0.15) is 0 Å². The Hall–Kier alpha value is -1.95. The Bertz CT molecular complexity index is 583. The number of nitrogens with zero attached hydrogens (tertiary/aromatic N) is 5. The van der Waals surface area contributed by atoms with Gasteiger partial charge in [-0.15, -0.1) is 5.10 Å². The second-order valence-electron chi connectivity index (χ2n) is 5.57. The van der Waals surface area contributed by atoms with E-state index in [4.69, 9.17) is 0 Å². The molecule has 1 aliphatic rings. The molecule has 2 unspecified atom stereocenters. The first kappa shape index (κ1) is 13.1.